The molecule has 0 saturated carbocycles. The summed E-state index contributed by atoms with van der Waals surface area (Å²) in [6, 6.07) is 10.4. The van der Waals surface area contributed by atoms with Crippen molar-refractivity contribution >= 4 is 25.7 Å². The Morgan fingerprint density at radius 1 is 1.04 bits per heavy atom. The molecule has 0 saturated heterocycles. The quantitative estimate of drug-likeness (QED) is 0.316. The van der Waals surface area contributed by atoms with Crippen molar-refractivity contribution < 1.29 is 9.90 Å². The van der Waals surface area contributed by atoms with Crippen molar-refractivity contribution in [1.82, 2.24) is 0 Å². The Labute approximate surface area is 148 Å². The molecule has 3 heteroatoms. The van der Waals surface area contributed by atoms with Crippen molar-refractivity contribution in [2.24, 2.45) is 5.92 Å². The van der Waals surface area contributed by atoms with Gasteiger partial charge in [0.1, 0.15) is 0 Å². The number of benzene rings is 1. The number of hydrogen-bond acceptors (Lipinski definition) is 2. The summed E-state index contributed by atoms with van der Waals surface area (Å²) in [6.45, 7) is 4.07. The molecule has 1 aromatic rings. The van der Waals surface area contributed by atoms with E-state index in [2.05, 4.69) is 31.2 Å². The molecule has 0 amide bonds. The minimum atomic E-state index is -0.507. The molecule has 23 heavy (non-hydrogen) atoms. The van der Waals surface area contributed by atoms with Gasteiger partial charge in [-0.05, 0) is 0 Å². The van der Waals surface area contributed by atoms with E-state index in [0.717, 1.165) is 19.1 Å². The first-order chi connectivity index (χ1) is 11.2. The second-order valence-electron chi connectivity index (χ2n) is 6.37. The van der Waals surface area contributed by atoms with Gasteiger partial charge in [0.15, 0.2) is 0 Å². The van der Waals surface area contributed by atoms with Gasteiger partial charge in [-0.25, -0.2) is 0 Å². The van der Waals surface area contributed by atoms with Crippen LogP contribution in [0.4, 0.5) is 0 Å². The van der Waals surface area contributed by atoms with Crippen LogP contribution >= 0.6 is 0 Å². The van der Waals surface area contributed by atoms with E-state index >= 15 is 0 Å². The van der Waals surface area contributed by atoms with Gasteiger partial charge in [0.2, 0.25) is 0 Å². The van der Waals surface area contributed by atoms with E-state index in [1.54, 1.807) is 0 Å². The molecule has 1 rings (SSSR count). The van der Waals surface area contributed by atoms with E-state index in [1.807, 2.05) is 13.0 Å². The molecule has 0 aliphatic heterocycles. The molecule has 0 aliphatic rings. The molecule has 130 valence electrons. The number of aliphatic hydroxyl groups excluding tert-OH is 1. The Balaban J connectivity index is 2.43. The van der Waals surface area contributed by atoms with Gasteiger partial charge < -0.3 is 0 Å². The second-order valence-corrected chi connectivity index (χ2v) is 9.12. The molecule has 3 atom stereocenters. The summed E-state index contributed by atoms with van der Waals surface area (Å²) in [7, 11) is 0. The van der Waals surface area contributed by atoms with E-state index < -0.39 is 6.10 Å². The number of aliphatic hydroxyl groups is 1. The number of carbonyl (C=O) groups excluding carboxylic acids is 1. The van der Waals surface area contributed by atoms with Crippen LogP contribution in [0, 0.1) is 5.92 Å². The van der Waals surface area contributed by atoms with Gasteiger partial charge in [0, 0.05) is 0 Å². The Bertz CT molecular complexity index is 407. The summed E-state index contributed by atoms with van der Waals surface area (Å²) < 4.78 is 1.31. The zero-order chi connectivity index (χ0) is 16.9. The predicted molar refractivity (Wildman–Crippen MR) is 99.4 cm³/mol. The average Bonchev–Trinajstić information content (AvgIpc) is 2.59. The fourth-order valence-electron chi connectivity index (χ4n) is 2.69. The van der Waals surface area contributed by atoms with Crippen LogP contribution < -0.4 is 4.46 Å². The molecule has 0 aromatic heterocycles. The van der Waals surface area contributed by atoms with Crippen LogP contribution in [0.5, 0.6) is 0 Å². The normalized spacial score (nSPS) is 15.1. The molecule has 0 heterocycles. The van der Waals surface area contributed by atoms with Crippen molar-refractivity contribution in [1.29, 1.82) is 0 Å². The van der Waals surface area contributed by atoms with E-state index in [0.29, 0.717) is 0 Å². The summed E-state index contributed by atoms with van der Waals surface area (Å²) in [5.41, 5.74) is 0. The van der Waals surface area contributed by atoms with Crippen LogP contribution in [-0.4, -0.2) is 32.5 Å². The molecule has 1 aromatic carbocycles. The van der Waals surface area contributed by atoms with Crippen LogP contribution in [-0.2, 0) is 4.79 Å². The van der Waals surface area contributed by atoms with Gasteiger partial charge in [-0.15, -0.1) is 0 Å². The van der Waals surface area contributed by atoms with Crippen molar-refractivity contribution in [3.8, 4) is 0 Å². The summed E-state index contributed by atoms with van der Waals surface area (Å²) in [6.07, 6.45) is 10.4. The molecular weight excluding hydrogens is 351 g/mol. The zero-order valence-corrected chi connectivity index (χ0v) is 16.3. The van der Waals surface area contributed by atoms with E-state index in [-0.39, 0.29) is 25.7 Å². The zero-order valence-electron chi connectivity index (χ0n) is 14.6. The van der Waals surface area contributed by atoms with E-state index in [1.165, 1.54) is 43.0 Å². The first-order valence-electron chi connectivity index (χ1n) is 9.04. The summed E-state index contributed by atoms with van der Waals surface area (Å²) in [5.74, 6) is -0.268. The molecule has 0 aliphatic carbocycles. The summed E-state index contributed by atoms with van der Waals surface area (Å²) in [5, 5.41) is 10.5. The van der Waals surface area contributed by atoms with Crippen LogP contribution in [0.3, 0.4) is 0 Å². The third kappa shape index (κ3) is 8.69. The summed E-state index contributed by atoms with van der Waals surface area (Å²) in [4.78, 5) is 11.3. The maximum atomic E-state index is 11.0. The molecule has 2 unspecified atom stereocenters. The van der Waals surface area contributed by atoms with Gasteiger partial charge in [-0.1, -0.05) is 0 Å². The van der Waals surface area contributed by atoms with Crippen LogP contribution in [0.1, 0.15) is 65.2 Å². The molecular formula is C20H32O2Se. The molecule has 0 spiro atoms. The van der Waals surface area contributed by atoms with E-state index in [9.17, 15) is 9.90 Å². The first-order valence-corrected chi connectivity index (χ1v) is 10.9. The number of hydrogen-bond donors (Lipinski definition) is 1. The van der Waals surface area contributed by atoms with Crippen molar-refractivity contribution in [3.63, 3.8) is 0 Å². The van der Waals surface area contributed by atoms with Gasteiger partial charge >= 0.3 is 148 Å². The van der Waals surface area contributed by atoms with Gasteiger partial charge in [-0.3, -0.25) is 0 Å². The third-order valence-electron chi connectivity index (χ3n) is 4.26. The molecule has 0 bridgehead atoms. The standard InChI is InChI=1S/C20H32O2Se/c1-3-4-5-6-7-8-12-15-19(20(22)17(2)16-21)23-18-13-10-9-11-14-18/h9-11,13-14,16-17,19-20,22H,3-8,12,15H2,1-2H3/t17-,19?,20?/m1/s1. The average molecular weight is 383 g/mol. The van der Waals surface area contributed by atoms with Gasteiger partial charge in [-0.2, -0.15) is 0 Å². The predicted octanol–water partition coefficient (Wildman–Crippen LogP) is 4.14. The fourth-order valence-corrected chi connectivity index (χ4v) is 5.50. The SMILES string of the molecule is CCCCCCCCCC([Se]c1ccccc1)C(O)[C@H](C)C=O. The van der Waals surface area contributed by atoms with Crippen LogP contribution in [0.25, 0.3) is 0 Å². The maximum absolute atomic E-state index is 11.0. The number of aldehydes is 1. The van der Waals surface area contributed by atoms with Crippen LogP contribution in [0.2, 0.25) is 4.82 Å². The Hall–Kier alpha value is -0.631. The number of unbranched alkanes of at least 4 members (excludes halogenated alkanes) is 6. The van der Waals surface area contributed by atoms with Gasteiger partial charge in [0.05, 0.1) is 0 Å². The van der Waals surface area contributed by atoms with Crippen molar-refractivity contribution in [2.75, 3.05) is 0 Å². The third-order valence-corrected chi connectivity index (χ3v) is 7.11. The Morgan fingerprint density at radius 2 is 1.65 bits per heavy atom. The fraction of sp³-hybridized carbons (Fsp3) is 0.650. The van der Waals surface area contributed by atoms with Crippen LogP contribution in [0.15, 0.2) is 30.3 Å². The minimum absolute atomic E-state index is 0.222. The van der Waals surface area contributed by atoms with Crippen molar-refractivity contribution in [2.45, 2.75) is 76.1 Å². The molecule has 0 radical (unpaired) electrons. The Morgan fingerprint density at radius 3 is 2.26 bits per heavy atom. The summed E-state index contributed by atoms with van der Waals surface area (Å²) >= 11 is 0.222. The number of carbonyl (C=O) groups is 1. The van der Waals surface area contributed by atoms with Gasteiger partial charge in [0.25, 0.3) is 0 Å². The molecule has 0 fully saturated rings. The molecule has 2 nitrogen and oxygen atoms in total. The second kappa shape index (κ2) is 12.8. The van der Waals surface area contributed by atoms with E-state index in [4.69, 9.17) is 0 Å². The first kappa shape index (κ1) is 20.4. The number of rotatable bonds is 13. The Kier molecular flexibility index (Phi) is 11.3. The monoisotopic (exact) mass is 384 g/mol. The van der Waals surface area contributed by atoms with Crippen molar-refractivity contribution in [3.05, 3.63) is 30.3 Å². The topological polar surface area (TPSA) is 37.3 Å². The molecule has 1 N–H and O–H groups in total.